The molecule has 0 radical (unpaired) electrons. The van der Waals surface area contributed by atoms with E-state index in [1.165, 1.54) is 13.2 Å². The van der Waals surface area contributed by atoms with Crippen LogP contribution in [0.25, 0.3) is 0 Å². The van der Waals surface area contributed by atoms with Gasteiger partial charge in [0.1, 0.15) is 17.1 Å². The maximum atomic E-state index is 11.7. The van der Waals surface area contributed by atoms with Gasteiger partial charge in [0, 0.05) is 13.7 Å². The first-order valence-electron chi connectivity index (χ1n) is 4.83. The first-order valence-corrected chi connectivity index (χ1v) is 4.83. The molecule has 0 atom stereocenters. The van der Waals surface area contributed by atoms with E-state index < -0.39 is 0 Å². The minimum Gasteiger partial charge on any atom is -0.507 e. The lowest BCUT2D eigenvalue weighted by molar-refractivity contribution is 0.0931. The summed E-state index contributed by atoms with van der Waals surface area (Å²) in [7, 11) is 2.99. The molecule has 1 rings (SSSR count). The van der Waals surface area contributed by atoms with Gasteiger partial charge in [-0.1, -0.05) is 6.07 Å². The van der Waals surface area contributed by atoms with Crippen molar-refractivity contribution in [1.82, 2.24) is 5.32 Å². The normalized spacial score (nSPS) is 9.88. The zero-order valence-corrected chi connectivity index (χ0v) is 9.32. The Morgan fingerprint density at radius 1 is 1.44 bits per heavy atom. The number of ether oxygens (including phenoxy) is 2. The molecule has 0 spiro atoms. The maximum Gasteiger partial charge on any atom is 0.258 e. The highest BCUT2D eigenvalue weighted by atomic mass is 16.5. The van der Waals surface area contributed by atoms with Gasteiger partial charge in [0.15, 0.2) is 0 Å². The predicted octanol–water partition coefficient (Wildman–Crippen LogP) is 0.777. The summed E-state index contributed by atoms with van der Waals surface area (Å²) in [6.07, 6.45) is 0. The molecule has 0 aromatic heterocycles. The Kier molecular flexibility index (Phi) is 4.60. The first kappa shape index (κ1) is 12.3. The Labute approximate surface area is 94.0 Å². The van der Waals surface area contributed by atoms with Crippen LogP contribution in [0.4, 0.5) is 0 Å². The van der Waals surface area contributed by atoms with Gasteiger partial charge in [-0.2, -0.15) is 0 Å². The number of phenolic OH excluding ortho intramolecular Hbond substituents is 1. The van der Waals surface area contributed by atoms with Crippen LogP contribution in [-0.2, 0) is 4.74 Å². The van der Waals surface area contributed by atoms with Crippen molar-refractivity contribution in [2.45, 2.75) is 0 Å². The third-order valence-corrected chi connectivity index (χ3v) is 2.04. The predicted molar refractivity (Wildman–Crippen MR) is 58.9 cm³/mol. The van der Waals surface area contributed by atoms with Crippen molar-refractivity contribution in [3.63, 3.8) is 0 Å². The third-order valence-electron chi connectivity index (χ3n) is 2.04. The second-order valence-electron chi connectivity index (χ2n) is 3.10. The molecule has 0 aliphatic heterocycles. The number of rotatable bonds is 5. The van der Waals surface area contributed by atoms with Gasteiger partial charge in [0.05, 0.1) is 13.7 Å². The van der Waals surface area contributed by atoms with Gasteiger partial charge < -0.3 is 19.9 Å². The van der Waals surface area contributed by atoms with Crippen molar-refractivity contribution in [2.75, 3.05) is 27.4 Å². The SMILES string of the molecule is COCCNC(=O)c1c(O)cccc1OC. The fraction of sp³-hybridized carbons (Fsp3) is 0.364. The lowest BCUT2D eigenvalue weighted by Gasteiger charge is -2.10. The van der Waals surface area contributed by atoms with Crippen LogP contribution in [-0.4, -0.2) is 38.4 Å². The Balaban J connectivity index is 2.81. The summed E-state index contributed by atoms with van der Waals surface area (Å²) in [5.74, 6) is -0.142. The van der Waals surface area contributed by atoms with E-state index in [4.69, 9.17) is 9.47 Å². The number of carbonyl (C=O) groups excluding carboxylic acids is 1. The van der Waals surface area contributed by atoms with Gasteiger partial charge in [0.2, 0.25) is 0 Å². The molecule has 5 heteroatoms. The minimum atomic E-state index is -0.382. The van der Waals surface area contributed by atoms with Crippen LogP contribution in [0.1, 0.15) is 10.4 Å². The van der Waals surface area contributed by atoms with Crippen molar-refractivity contribution >= 4 is 5.91 Å². The fourth-order valence-electron chi connectivity index (χ4n) is 1.27. The molecule has 1 aromatic carbocycles. The van der Waals surface area contributed by atoms with E-state index in [1.807, 2.05) is 0 Å². The average molecular weight is 225 g/mol. The van der Waals surface area contributed by atoms with Crippen LogP contribution in [0.2, 0.25) is 0 Å². The van der Waals surface area contributed by atoms with E-state index in [2.05, 4.69) is 5.32 Å². The lowest BCUT2D eigenvalue weighted by Crippen LogP contribution is -2.27. The quantitative estimate of drug-likeness (QED) is 0.726. The maximum absolute atomic E-state index is 11.7. The van der Waals surface area contributed by atoms with E-state index >= 15 is 0 Å². The number of methoxy groups -OCH3 is 2. The van der Waals surface area contributed by atoms with E-state index in [1.54, 1.807) is 19.2 Å². The monoisotopic (exact) mass is 225 g/mol. The molecular formula is C11H15NO4. The highest BCUT2D eigenvalue weighted by Gasteiger charge is 2.16. The minimum absolute atomic E-state index is 0.103. The molecule has 16 heavy (non-hydrogen) atoms. The molecule has 1 aromatic rings. The van der Waals surface area contributed by atoms with Crippen LogP contribution in [0.5, 0.6) is 11.5 Å². The molecule has 0 saturated carbocycles. The van der Waals surface area contributed by atoms with Gasteiger partial charge in [-0.3, -0.25) is 4.79 Å². The summed E-state index contributed by atoms with van der Waals surface area (Å²) in [5, 5.41) is 12.2. The van der Waals surface area contributed by atoms with Crippen LogP contribution in [0.15, 0.2) is 18.2 Å². The second-order valence-corrected chi connectivity index (χ2v) is 3.10. The highest BCUT2D eigenvalue weighted by Crippen LogP contribution is 2.26. The van der Waals surface area contributed by atoms with Crippen LogP contribution >= 0.6 is 0 Å². The van der Waals surface area contributed by atoms with E-state index in [9.17, 15) is 9.90 Å². The smallest absolute Gasteiger partial charge is 0.258 e. The molecule has 1 amide bonds. The Bertz CT molecular complexity index is 365. The highest BCUT2D eigenvalue weighted by molar-refractivity contribution is 5.99. The second kappa shape index (κ2) is 5.97. The van der Waals surface area contributed by atoms with Gasteiger partial charge in [-0.25, -0.2) is 0 Å². The molecule has 0 fully saturated rings. The summed E-state index contributed by atoms with van der Waals surface area (Å²) in [6.45, 7) is 0.800. The first-order chi connectivity index (χ1) is 7.70. The number of hydrogen-bond acceptors (Lipinski definition) is 4. The number of nitrogens with one attached hydrogen (secondary N) is 1. The number of benzene rings is 1. The van der Waals surface area contributed by atoms with Crippen LogP contribution in [0, 0.1) is 0 Å². The average Bonchev–Trinajstić information content (AvgIpc) is 2.28. The number of aromatic hydroxyl groups is 1. The summed E-state index contributed by atoms with van der Waals surface area (Å²) in [5.41, 5.74) is 0.140. The third kappa shape index (κ3) is 2.87. The summed E-state index contributed by atoms with van der Waals surface area (Å²) >= 11 is 0. The molecule has 0 aliphatic carbocycles. The van der Waals surface area contributed by atoms with Crippen molar-refractivity contribution in [1.29, 1.82) is 0 Å². The van der Waals surface area contributed by atoms with Crippen LogP contribution < -0.4 is 10.1 Å². The molecule has 0 aliphatic rings. The zero-order valence-electron chi connectivity index (χ0n) is 9.32. The van der Waals surface area contributed by atoms with Crippen molar-refractivity contribution in [2.24, 2.45) is 0 Å². The van der Waals surface area contributed by atoms with Crippen molar-refractivity contribution in [3.8, 4) is 11.5 Å². The number of carbonyl (C=O) groups is 1. The van der Waals surface area contributed by atoms with E-state index in [-0.39, 0.29) is 17.2 Å². The largest absolute Gasteiger partial charge is 0.507 e. The Morgan fingerprint density at radius 3 is 2.81 bits per heavy atom. The molecule has 0 saturated heterocycles. The van der Waals surface area contributed by atoms with Gasteiger partial charge >= 0.3 is 0 Å². The van der Waals surface area contributed by atoms with E-state index in [0.717, 1.165) is 0 Å². The summed E-state index contributed by atoms with van der Waals surface area (Å²) < 4.78 is 9.81. The summed E-state index contributed by atoms with van der Waals surface area (Å²) in [6, 6.07) is 4.67. The van der Waals surface area contributed by atoms with E-state index in [0.29, 0.717) is 18.9 Å². The lowest BCUT2D eigenvalue weighted by atomic mass is 10.1. The fourth-order valence-corrected chi connectivity index (χ4v) is 1.27. The molecule has 88 valence electrons. The molecule has 0 heterocycles. The zero-order chi connectivity index (χ0) is 12.0. The van der Waals surface area contributed by atoms with Gasteiger partial charge in [0.25, 0.3) is 5.91 Å². The molecule has 2 N–H and O–H groups in total. The number of amides is 1. The Hall–Kier alpha value is -1.75. The molecular weight excluding hydrogens is 210 g/mol. The molecule has 0 bridgehead atoms. The topological polar surface area (TPSA) is 67.8 Å². The van der Waals surface area contributed by atoms with Gasteiger partial charge in [-0.15, -0.1) is 0 Å². The molecule has 0 unspecified atom stereocenters. The number of phenols is 1. The van der Waals surface area contributed by atoms with Crippen molar-refractivity contribution in [3.05, 3.63) is 23.8 Å². The number of hydrogen-bond donors (Lipinski definition) is 2. The van der Waals surface area contributed by atoms with Gasteiger partial charge in [-0.05, 0) is 12.1 Å². The summed E-state index contributed by atoms with van der Waals surface area (Å²) in [4.78, 5) is 11.7. The van der Waals surface area contributed by atoms with Crippen molar-refractivity contribution < 1.29 is 19.4 Å². The standard InChI is InChI=1S/C11H15NO4/c1-15-7-6-12-11(14)10-8(13)4-3-5-9(10)16-2/h3-5,13H,6-7H2,1-2H3,(H,12,14). The Morgan fingerprint density at radius 2 is 2.19 bits per heavy atom. The molecule has 5 nitrogen and oxygen atoms in total. The van der Waals surface area contributed by atoms with Crippen LogP contribution in [0.3, 0.4) is 0 Å².